The lowest BCUT2D eigenvalue weighted by Gasteiger charge is -2.21. The number of hydrogen-bond donors (Lipinski definition) is 1. The zero-order valence-corrected chi connectivity index (χ0v) is 34.7. The lowest BCUT2D eigenvalue weighted by atomic mass is 10.1. The van der Waals surface area contributed by atoms with Crippen LogP contribution in [0.1, 0.15) is 194 Å². The highest BCUT2D eigenvalue weighted by Crippen LogP contribution is 2.12. The summed E-state index contributed by atoms with van der Waals surface area (Å²) in [5.74, 6) is 12.4. The summed E-state index contributed by atoms with van der Waals surface area (Å²) < 4.78 is 22.7. The predicted octanol–water partition coefficient (Wildman–Crippen LogP) is 10.3. The number of aliphatic hydroxyl groups is 1. The maximum Gasteiger partial charge on any atom is 0.305 e. The van der Waals surface area contributed by atoms with Crippen LogP contribution in [0, 0.1) is 23.7 Å². The molecule has 0 aromatic heterocycles. The van der Waals surface area contributed by atoms with Crippen molar-refractivity contribution in [2.75, 3.05) is 52.7 Å². The molecule has 0 unspecified atom stereocenters. The Balaban J connectivity index is 4.03. The van der Waals surface area contributed by atoms with Gasteiger partial charge in [0.25, 0.3) is 0 Å². The van der Waals surface area contributed by atoms with Crippen LogP contribution < -0.4 is 0 Å². The molecule has 53 heavy (non-hydrogen) atoms. The largest absolute Gasteiger partial charge is 0.466 e. The van der Waals surface area contributed by atoms with Crippen LogP contribution in [0.4, 0.5) is 0 Å². The molecule has 0 radical (unpaired) electrons. The van der Waals surface area contributed by atoms with Crippen LogP contribution in [0.5, 0.6) is 0 Å². The van der Waals surface area contributed by atoms with Crippen molar-refractivity contribution in [2.45, 2.75) is 200 Å². The van der Waals surface area contributed by atoms with Gasteiger partial charge in [-0.3, -0.25) is 9.59 Å². The number of ether oxygens (including phenoxy) is 4. The molecule has 0 heterocycles. The Morgan fingerprint density at radius 3 is 1.43 bits per heavy atom. The molecule has 8 heteroatoms. The fourth-order valence-electron chi connectivity index (χ4n) is 5.80. The van der Waals surface area contributed by atoms with E-state index in [4.69, 9.17) is 18.9 Å². The van der Waals surface area contributed by atoms with Gasteiger partial charge in [-0.2, -0.15) is 0 Å². The van der Waals surface area contributed by atoms with Gasteiger partial charge in [-0.25, -0.2) is 0 Å². The number of carbonyl (C=O) groups is 2. The van der Waals surface area contributed by atoms with Gasteiger partial charge in [0.2, 0.25) is 0 Å². The smallest absolute Gasteiger partial charge is 0.305 e. The number of nitrogens with zero attached hydrogens (tertiary/aromatic N) is 1. The molecule has 0 saturated heterocycles. The first-order valence-corrected chi connectivity index (χ1v) is 21.9. The van der Waals surface area contributed by atoms with E-state index in [0.29, 0.717) is 58.7 Å². The van der Waals surface area contributed by atoms with E-state index in [9.17, 15) is 14.7 Å². The fraction of sp³-hybridized carbons (Fsp3) is 0.867. The second-order valence-electron chi connectivity index (χ2n) is 14.2. The normalized spacial score (nSPS) is 11.0. The third-order valence-corrected chi connectivity index (χ3v) is 9.12. The molecule has 0 aromatic rings. The van der Waals surface area contributed by atoms with Crippen molar-refractivity contribution < 1.29 is 33.6 Å². The average molecular weight is 748 g/mol. The summed E-state index contributed by atoms with van der Waals surface area (Å²) >= 11 is 0. The number of hydrogen-bond acceptors (Lipinski definition) is 8. The summed E-state index contributed by atoms with van der Waals surface area (Å²) in [4.78, 5) is 26.8. The van der Waals surface area contributed by atoms with E-state index >= 15 is 0 Å². The van der Waals surface area contributed by atoms with E-state index in [-0.39, 0.29) is 25.0 Å². The predicted molar refractivity (Wildman–Crippen MR) is 218 cm³/mol. The molecule has 8 nitrogen and oxygen atoms in total. The van der Waals surface area contributed by atoms with Crippen molar-refractivity contribution in [3.05, 3.63) is 0 Å². The van der Waals surface area contributed by atoms with Gasteiger partial charge in [0.1, 0.15) is 0 Å². The van der Waals surface area contributed by atoms with E-state index in [2.05, 4.69) is 49.4 Å². The molecule has 308 valence electrons. The standard InChI is InChI=1S/C45H81NO7/c1-4-7-10-13-16-17-18-22-28-39-50-43(48)32-25-24-27-36-46(37-38-47)35-26-19-23-29-40-51-44(49)33-34-45(52-41-30-20-14-11-8-5-2)53-42-31-21-15-12-9-6-3/h45,47H,4-13,16-19,22-42H2,1-3H3. The number of carbonyl (C=O) groups excluding carboxylic acids is 2. The third kappa shape index (κ3) is 39.4. The molecule has 1 N–H and O–H groups in total. The second kappa shape index (κ2) is 42.6. The van der Waals surface area contributed by atoms with Crippen LogP contribution in [-0.4, -0.2) is 80.9 Å². The number of aliphatic hydroxyl groups excluding tert-OH is 1. The molecule has 0 rings (SSSR count). The van der Waals surface area contributed by atoms with Crippen LogP contribution in [-0.2, 0) is 28.5 Å². The molecule has 0 aliphatic rings. The zero-order valence-electron chi connectivity index (χ0n) is 34.7. The van der Waals surface area contributed by atoms with Gasteiger partial charge >= 0.3 is 11.9 Å². The summed E-state index contributed by atoms with van der Waals surface area (Å²) in [7, 11) is 0. The Labute approximate surface area is 326 Å². The van der Waals surface area contributed by atoms with Crippen molar-refractivity contribution in [2.24, 2.45) is 0 Å². The molecule has 0 bridgehead atoms. The Hall–Kier alpha value is -2.10. The number of rotatable bonds is 38. The minimum Gasteiger partial charge on any atom is -0.466 e. The molecule has 0 aromatic carbocycles. The first-order valence-electron chi connectivity index (χ1n) is 21.9. The fourth-order valence-corrected chi connectivity index (χ4v) is 5.80. The Kier molecular flexibility index (Phi) is 40.9. The summed E-state index contributed by atoms with van der Waals surface area (Å²) in [6.07, 6.45) is 26.5. The first-order chi connectivity index (χ1) is 26.1. The molecule has 0 aliphatic heterocycles. The summed E-state index contributed by atoms with van der Waals surface area (Å²) in [5.41, 5.74) is 0. The van der Waals surface area contributed by atoms with Gasteiger partial charge in [-0.15, -0.1) is 23.7 Å². The van der Waals surface area contributed by atoms with E-state index in [1.54, 1.807) is 0 Å². The van der Waals surface area contributed by atoms with Crippen molar-refractivity contribution in [1.29, 1.82) is 0 Å². The molecule has 0 aliphatic carbocycles. The molecule has 0 saturated carbocycles. The van der Waals surface area contributed by atoms with E-state index < -0.39 is 6.29 Å². The van der Waals surface area contributed by atoms with Crippen LogP contribution in [0.15, 0.2) is 0 Å². The summed E-state index contributed by atoms with van der Waals surface area (Å²) in [5, 5.41) is 9.51. The van der Waals surface area contributed by atoms with Gasteiger partial charge in [0.15, 0.2) is 6.29 Å². The van der Waals surface area contributed by atoms with Gasteiger partial charge in [-0.05, 0) is 58.0 Å². The lowest BCUT2D eigenvalue weighted by molar-refractivity contribution is -0.157. The molecule has 0 spiro atoms. The van der Waals surface area contributed by atoms with Gasteiger partial charge < -0.3 is 29.0 Å². The van der Waals surface area contributed by atoms with E-state index in [0.717, 1.165) is 109 Å². The monoisotopic (exact) mass is 748 g/mol. The highest BCUT2D eigenvalue weighted by molar-refractivity contribution is 5.69. The molecule has 0 amide bonds. The van der Waals surface area contributed by atoms with Crippen molar-refractivity contribution in [3.63, 3.8) is 0 Å². The molecule has 0 atom stereocenters. The maximum absolute atomic E-state index is 12.4. The van der Waals surface area contributed by atoms with Crippen LogP contribution >= 0.6 is 0 Å². The minimum atomic E-state index is -0.463. The molecular formula is C45H81NO7. The Morgan fingerprint density at radius 1 is 0.491 bits per heavy atom. The first kappa shape index (κ1) is 50.9. The van der Waals surface area contributed by atoms with Gasteiger partial charge in [-0.1, -0.05) is 104 Å². The van der Waals surface area contributed by atoms with Crippen molar-refractivity contribution in [3.8, 4) is 23.7 Å². The lowest BCUT2D eigenvalue weighted by Crippen LogP contribution is -2.29. The van der Waals surface area contributed by atoms with Crippen LogP contribution in [0.25, 0.3) is 0 Å². The highest BCUT2D eigenvalue weighted by Gasteiger charge is 2.13. The minimum absolute atomic E-state index is 0.0706. The maximum atomic E-state index is 12.4. The topological polar surface area (TPSA) is 94.5 Å². The van der Waals surface area contributed by atoms with Crippen molar-refractivity contribution in [1.82, 2.24) is 4.90 Å². The van der Waals surface area contributed by atoms with Crippen LogP contribution in [0.2, 0.25) is 0 Å². The van der Waals surface area contributed by atoms with Gasteiger partial charge in [0, 0.05) is 45.1 Å². The molecular weight excluding hydrogens is 666 g/mol. The second-order valence-corrected chi connectivity index (χ2v) is 14.2. The average Bonchev–Trinajstić information content (AvgIpc) is 3.15. The number of unbranched alkanes of at least 4 members (excludes halogenated alkanes) is 17. The van der Waals surface area contributed by atoms with E-state index in [1.807, 2.05) is 0 Å². The van der Waals surface area contributed by atoms with Crippen LogP contribution in [0.3, 0.4) is 0 Å². The number of esters is 2. The zero-order chi connectivity index (χ0) is 38.7. The third-order valence-electron chi connectivity index (χ3n) is 9.12. The Morgan fingerprint density at radius 2 is 0.925 bits per heavy atom. The quantitative estimate of drug-likeness (QED) is 0.0289. The Bertz CT molecular complexity index is 903. The summed E-state index contributed by atoms with van der Waals surface area (Å²) in [6, 6.07) is 0. The molecule has 0 fully saturated rings. The highest BCUT2D eigenvalue weighted by atomic mass is 16.7. The van der Waals surface area contributed by atoms with Crippen molar-refractivity contribution >= 4 is 11.9 Å². The van der Waals surface area contributed by atoms with Gasteiger partial charge in [0.05, 0.1) is 39.5 Å². The van der Waals surface area contributed by atoms with E-state index in [1.165, 1.54) is 44.9 Å². The summed E-state index contributed by atoms with van der Waals surface area (Å²) in [6.45, 7) is 11.2. The SMILES string of the molecule is CCCCC#CCCOC(CCC(=O)OCCCCCCN(CCO)CCCCCC(=O)OCCCCCCCCCCC)OCCC#CCCCC.